The Morgan fingerprint density at radius 1 is 1.09 bits per heavy atom. The smallest absolute Gasteiger partial charge is 0.00208 e. The number of hydrogen-bond acceptors (Lipinski definition) is 0. The minimum Gasteiger partial charge on any atom is -0.0807 e. The fraction of sp³-hybridized carbons (Fsp3) is 0.273. The summed E-state index contributed by atoms with van der Waals surface area (Å²) >= 11 is 0. The first-order valence-corrected chi connectivity index (χ1v) is 4.18. The second-order valence-corrected chi connectivity index (χ2v) is 3.02. The van der Waals surface area contributed by atoms with Crippen molar-refractivity contribution in [3.63, 3.8) is 0 Å². The lowest BCUT2D eigenvalue weighted by molar-refractivity contribution is 0.752. The second kappa shape index (κ2) is 2.91. The zero-order chi connectivity index (χ0) is 7.52. The molecule has 0 nitrogen and oxygen atoms in total. The fourth-order valence-electron chi connectivity index (χ4n) is 1.64. The van der Waals surface area contributed by atoms with Crippen molar-refractivity contribution in [2.45, 2.75) is 12.8 Å². The summed E-state index contributed by atoms with van der Waals surface area (Å²) < 4.78 is 0. The van der Waals surface area contributed by atoms with Crippen LogP contribution in [0.1, 0.15) is 12.8 Å². The van der Waals surface area contributed by atoms with Crippen LogP contribution >= 0.6 is 0 Å². The Balaban J connectivity index is 2.30. The van der Waals surface area contributed by atoms with Crippen molar-refractivity contribution in [2.24, 2.45) is 5.92 Å². The zero-order valence-electron chi connectivity index (χ0n) is 6.53. The van der Waals surface area contributed by atoms with Gasteiger partial charge < -0.3 is 0 Å². The Labute approximate surface area is 67.6 Å². The van der Waals surface area contributed by atoms with Crippen LogP contribution in [0.4, 0.5) is 0 Å². The van der Waals surface area contributed by atoms with Crippen LogP contribution in [0.5, 0.6) is 0 Å². The van der Waals surface area contributed by atoms with Gasteiger partial charge in [0.05, 0.1) is 0 Å². The molecule has 0 saturated heterocycles. The van der Waals surface area contributed by atoms with Gasteiger partial charge in [0.1, 0.15) is 0 Å². The van der Waals surface area contributed by atoms with Crippen molar-refractivity contribution >= 4 is 0 Å². The summed E-state index contributed by atoms with van der Waals surface area (Å²) in [5.41, 5.74) is 1.49. The molecule has 0 heterocycles. The molecule has 2 aliphatic carbocycles. The van der Waals surface area contributed by atoms with Crippen LogP contribution in [-0.4, -0.2) is 0 Å². The highest BCUT2D eigenvalue weighted by Gasteiger charge is 2.13. The average molecular weight is 144 g/mol. The van der Waals surface area contributed by atoms with E-state index in [0.717, 1.165) is 0 Å². The van der Waals surface area contributed by atoms with Crippen molar-refractivity contribution in [1.82, 2.24) is 0 Å². The first kappa shape index (κ1) is 6.66. The maximum atomic E-state index is 2.34. The van der Waals surface area contributed by atoms with Crippen LogP contribution in [0, 0.1) is 5.92 Å². The second-order valence-electron chi connectivity index (χ2n) is 3.02. The summed E-state index contributed by atoms with van der Waals surface area (Å²) in [4.78, 5) is 0. The molecule has 0 heteroatoms. The standard InChI is InChI=1S/C11H12/c1-2-4-7-11-9-5-8-10(11)6-3-1/h1-4,6-8,11H,5,9H2/b2-1-,6-3-,7-4-. The van der Waals surface area contributed by atoms with Gasteiger partial charge in [-0.1, -0.05) is 42.5 Å². The van der Waals surface area contributed by atoms with E-state index >= 15 is 0 Å². The molecule has 56 valence electrons. The average Bonchev–Trinajstić information content (AvgIpc) is 2.35. The molecule has 11 heavy (non-hydrogen) atoms. The van der Waals surface area contributed by atoms with Crippen LogP contribution in [0.3, 0.4) is 0 Å². The molecule has 0 saturated carbocycles. The quantitative estimate of drug-likeness (QED) is 0.490. The van der Waals surface area contributed by atoms with Gasteiger partial charge in [-0.05, 0) is 18.4 Å². The maximum Gasteiger partial charge on any atom is 0.00208 e. The lowest BCUT2D eigenvalue weighted by atomic mass is 9.99. The number of allylic oxidation sites excluding steroid dienone is 8. The highest BCUT2D eigenvalue weighted by Crippen LogP contribution is 2.28. The Kier molecular flexibility index (Phi) is 1.76. The van der Waals surface area contributed by atoms with Crippen molar-refractivity contribution in [2.75, 3.05) is 0 Å². The molecule has 2 rings (SSSR count). The van der Waals surface area contributed by atoms with Crippen molar-refractivity contribution in [1.29, 1.82) is 0 Å². The predicted octanol–water partition coefficient (Wildman–Crippen LogP) is 3.01. The Bertz CT molecular complexity index is 251. The molecular formula is C11H12. The number of fused-ring (bicyclic) bond motifs is 1. The van der Waals surface area contributed by atoms with Crippen LogP contribution < -0.4 is 0 Å². The first-order valence-electron chi connectivity index (χ1n) is 4.18. The highest BCUT2D eigenvalue weighted by molar-refractivity contribution is 5.34. The molecule has 1 unspecified atom stereocenters. The molecule has 0 aromatic carbocycles. The van der Waals surface area contributed by atoms with E-state index < -0.39 is 0 Å². The van der Waals surface area contributed by atoms with E-state index in [1.807, 2.05) is 0 Å². The molecule has 0 aliphatic heterocycles. The van der Waals surface area contributed by atoms with E-state index in [2.05, 4.69) is 42.5 Å². The molecule has 0 amide bonds. The van der Waals surface area contributed by atoms with E-state index in [1.54, 1.807) is 0 Å². The third kappa shape index (κ3) is 1.35. The van der Waals surface area contributed by atoms with Gasteiger partial charge >= 0.3 is 0 Å². The van der Waals surface area contributed by atoms with Gasteiger partial charge in [-0.25, -0.2) is 0 Å². The Morgan fingerprint density at radius 3 is 3.00 bits per heavy atom. The number of hydrogen-bond donors (Lipinski definition) is 0. The van der Waals surface area contributed by atoms with Crippen molar-refractivity contribution < 1.29 is 0 Å². The Hall–Kier alpha value is -1.04. The van der Waals surface area contributed by atoms with E-state index in [1.165, 1.54) is 18.4 Å². The summed E-state index contributed by atoms with van der Waals surface area (Å²) in [6.07, 6.45) is 17.8. The van der Waals surface area contributed by atoms with Gasteiger partial charge in [0.2, 0.25) is 0 Å². The summed E-state index contributed by atoms with van der Waals surface area (Å²) in [6.45, 7) is 0. The lowest BCUT2D eigenvalue weighted by Crippen LogP contribution is -1.92. The minimum atomic E-state index is 0.691. The van der Waals surface area contributed by atoms with Gasteiger partial charge in [-0.3, -0.25) is 0 Å². The normalized spacial score (nSPS) is 36.4. The van der Waals surface area contributed by atoms with Crippen LogP contribution in [0.2, 0.25) is 0 Å². The zero-order valence-corrected chi connectivity index (χ0v) is 6.53. The third-order valence-electron chi connectivity index (χ3n) is 2.25. The minimum absolute atomic E-state index is 0.691. The summed E-state index contributed by atoms with van der Waals surface area (Å²) in [5.74, 6) is 0.691. The van der Waals surface area contributed by atoms with Gasteiger partial charge in [0.25, 0.3) is 0 Å². The monoisotopic (exact) mass is 144 g/mol. The lowest BCUT2D eigenvalue weighted by Gasteiger charge is -2.05. The maximum absolute atomic E-state index is 2.34. The molecule has 0 fully saturated rings. The molecule has 0 radical (unpaired) electrons. The van der Waals surface area contributed by atoms with E-state index in [9.17, 15) is 0 Å². The van der Waals surface area contributed by atoms with Gasteiger partial charge in [0.15, 0.2) is 0 Å². The summed E-state index contributed by atoms with van der Waals surface area (Å²) in [5, 5.41) is 0. The van der Waals surface area contributed by atoms with Crippen LogP contribution in [0.25, 0.3) is 0 Å². The van der Waals surface area contributed by atoms with E-state index in [4.69, 9.17) is 0 Å². The molecule has 0 bridgehead atoms. The van der Waals surface area contributed by atoms with Gasteiger partial charge in [-0.15, -0.1) is 0 Å². The molecule has 0 spiro atoms. The van der Waals surface area contributed by atoms with Crippen LogP contribution in [0.15, 0.2) is 48.1 Å². The first-order chi connectivity index (χ1) is 5.47. The predicted molar refractivity (Wildman–Crippen MR) is 48.2 cm³/mol. The SMILES string of the molecule is C1=C2\C=C/C=C\C=C/C2CC1. The van der Waals surface area contributed by atoms with Crippen molar-refractivity contribution in [3.05, 3.63) is 48.1 Å². The topological polar surface area (TPSA) is 0 Å². The van der Waals surface area contributed by atoms with Gasteiger partial charge in [-0.2, -0.15) is 0 Å². The van der Waals surface area contributed by atoms with Gasteiger partial charge in [0, 0.05) is 5.92 Å². The summed E-state index contributed by atoms with van der Waals surface area (Å²) in [7, 11) is 0. The molecule has 0 N–H and O–H groups in total. The van der Waals surface area contributed by atoms with E-state index in [-0.39, 0.29) is 0 Å². The molecular weight excluding hydrogens is 132 g/mol. The van der Waals surface area contributed by atoms with E-state index in [0.29, 0.717) is 5.92 Å². The third-order valence-corrected chi connectivity index (χ3v) is 2.25. The largest absolute Gasteiger partial charge is 0.0807 e. The fourth-order valence-corrected chi connectivity index (χ4v) is 1.64. The number of rotatable bonds is 0. The summed E-state index contributed by atoms with van der Waals surface area (Å²) in [6, 6.07) is 0. The molecule has 0 aromatic heterocycles. The van der Waals surface area contributed by atoms with Crippen molar-refractivity contribution in [3.8, 4) is 0 Å². The Morgan fingerprint density at radius 2 is 2.00 bits per heavy atom. The molecule has 1 atom stereocenters. The van der Waals surface area contributed by atoms with Crippen LogP contribution in [-0.2, 0) is 0 Å². The molecule has 2 aliphatic rings. The molecule has 0 aromatic rings. The highest BCUT2D eigenvalue weighted by atomic mass is 14.2.